The molecule has 0 aromatic rings. The predicted molar refractivity (Wildman–Crippen MR) is 61.0 cm³/mol. The largest absolute Gasteiger partial charge is 0.480 e. The van der Waals surface area contributed by atoms with Gasteiger partial charge < -0.3 is 10.4 Å². The number of carboxylic acid groups (broad SMARTS) is 1. The summed E-state index contributed by atoms with van der Waals surface area (Å²) in [7, 11) is 0. The predicted octanol–water partition coefficient (Wildman–Crippen LogP) is 1.79. The Morgan fingerprint density at radius 3 is 2.44 bits per heavy atom. The molecule has 16 heavy (non-hydrogen) atoms. The molecule has 0 spiro atoms. The van der Waals surface area contributed by atoms with Crippen molar-refractivity contribution in [1.29, 1.82) is 0 Å². The highest BCUT2D eigenvalue weighted by atomic mass is 16.4. The van der Waals surface area contributed by atoms with Crippen molar-refractivity contribution in [3.8, 4) is 0 Å². The molecule has 0 aromatic carbocycles. The molecule has 0 aliphatic heterocycles. The maximum atomic E-state index is 11.5. The standard InChI is InChI=1S/C12H21NO3/c1-8(2)7-10(12(15)16)13-11(14)6-5-9-3-4-9/h8-10H,3-7H2,1-2H3,(H,13,14)(H,15,16). The zero-order valence-corrected chi connectivity index (χ0v) is 10.0. The van der Waals surface area contributed by atoms with Crippen molar-refractivity contribution in [3.05, 3.63) is 0 Å². The number of carbonyl (C=O) groups excluding carboxylic acids is 1. The third-order valence-electron chi connectivity index (χ3n) is 2.82. The summed E-state index contributed by atoms with van der Waals surface area (Å²) in [6.45, 7) is 3.90. The molecule has 1 saturated carbocycles. The Balaban J connectivity index is 2.28. The molecule has 4 heteroatoms. The Morgan fingerprint density at radius 1 is 1.38 bits per heavy atom. The number of rotatable bonds is 7. The van der Waals surface area contributed by atoms with Gasteiger partial charge >= 0.3 is 5.97 Å². The quantitative estimate of drug-likeness (QED) is 0.697. The maximum absolute atomic E-state index is 11.5. The SMILES string of the molecule is CC(C)CC(NC(=O)CCC1CC1)C(=O)O. The molecule has 0 aromatic heterocycles. The van der Waals surface area contributed by atoms with Gasteiger partial charge in [0.25, 0.3) is 0 Å². The summed E-state index contributed by atoms with van der Waals surface area (Å²) in [6.07, 6.45) is 4.31. The first-order valence-corrected chi connectivity index (χ1v) is 6.01. The van der Waals surface area contributed by atoms with Crippen molar-refractivity contribution < 1.29 is 14.7 Å². The highest BCUT2D eigenvalue weighted by Gasteiger charge is 2.24. The summed E-state index contributed by atoms with van der Waals surface area (Å²) < 4.78 is 0. The Hall–Kier alpha value is -1.06. The molecule has 1 rings (SSSR count). The summed E-state index contributed by atoms with van der Waals surface area (Å²) in [4.78, 5) is 22.4. The molecule has 1 aliphatic rings. The van der Waals surface area contributed by atoms with Crippen LogP contribution >= 0.6 is 0 Å². The number of hydrogen-bond acceptors (Lipinski definition) is 2. The van der Waals surface area contributed by atoms with Crippen LogP contribution in [-0.4, -0.2) is 23.0 Å². The maximum Gasteiger partial charge on any atom is 0.326 e. The van der Waals surface area contributed by atoms with Crippen LogP contribution in [0.3, 0.4) is 0 Å². The normalized spacial score (nSPS) is 17.2. The Morgan fingerprint density at radius 2 is 2.00 bits per heavy atom. The topological polar surface area (TPSA) is 66.4 Å². The molecule has 0 saturated heterocycles. The van der Waals surface area contributed by atoms with E-state index >= 15 is 0 Å². The zero-order valence-electron chi connectivity index (χ0n) is 10.0. The summed E-state index contributed by atoms with van der Waals surface area (Å²) in [5.41, 5.74) is 0. The van der Waals surface area contributed by atoms with E-state index in [1.807, 2.05) is 13.8 Å². The zero-order chi connectivity index (χ0) is 12.1. The van der Waals surface area contributed by atoms with E-state index in [4.69, 9.17) is 5.11 Å². The fourth-order valence-electron chi connectivity index (χ4n) is 1.70. The van der Waals surface area contributed by atoms with Crippen molar-refractivity contribution in [3.63, 3.8) is 0 Å². The summed E-state index contributed by atoms with van der Waals surface area (Å²) in [6, 6.07) is -0.730. The van der Waals surface area contributed by atoms with Crippen LogP contribution in [0.5, 0.6) is 0 Å². The first-order valence-electron chi connectivity index (χ1n) is 6.01. The third-order valence-corrected chi connectivity index (χ3v) is 2.82. The fraction of sp³-hybridized carbons (Fsp3) is 0.833. The van der Waals surface area contributed by atoms with Gasteiger partial charge in [0, 0.05) is 6.42 Å². The molecule has 1 atom stereocenters. The second-order valence-corrected chi connectivity index (χ2v) is 5.07. The van der Waals surface area contributed by atoms with E-state index < -0.39 is 12.0 Å². The van der Waals surface area contributed by atoms with Gasteiger partial charge in [0.05, 0.1) is 0 Å². The Bertz CT molecular complexity index is 259. The average Bonchev–Trinajstić information content (AvgIpc) is 2.96. The Labute approximate surface area is 96.4 Å². The molecule has 92 valence electrons. The lowest BCUT2D eigenvalue weighted by atomic mass is 10.0. The van der Waals surface area contributed by atoms with Crippen LogP contribution < -0.4 is 5.32 Å². The molecule has 0 heterocycles. The lowest BCUT2D eigenvalue weighted by Gasteiger charge is -2.16. The molecule has 0 radical (unpaired) electrons. The van der Waals surface area contributed by atoms with Crippen LogP contribution in [0.1, 0.15) is 46.0 Å². The van der Waals surface area contributed by atoms with Crippen LogP contribution in [0.2, 0.25) is 0 Å². The van der Waals surface area contributed by atoms with Crippen molar-refractivity contribution in [2.75, 3.05) is 0 Å². The van der Waals surface area contributed by atoms with E-state index in [-0.39, 0.29) is 11.8 Å². The highest BCUT2D eigenvalue weighted by molar-refractivity contribution is 5.83. The molecule has 1 amide bonds. The average molecular weight is 227 g/mol. The van der Waals surface area contributed by atoms with Gasteiger partial charge in [0.1, 0.15) is 6.04 Å². The first kappa shape index (κ1) is 13.0. The van der Waals surface area contributed by atoms with E-state index in [2.05, 4.69) is 5.32 Å². The summed E-state index contributed by atoms with van der Waals surface area (Å²) in [5, 5.41) is 11.5. The van der Waals surface area contributed by atoms with Crippen LogP contribution in [-0.2, 0) is 9.59 Å². The lowest BCUT2D eigenvalue weighted by Crippen LogP contribution is -2.41. The van der Waals surface area contributed by atoms with E-state index in [1.54, 1.807) is 0 Å². The third kappa shape index (κ3) is 5.14. The number of carbonyl (C=O) groups is 2. The number of aliphatic carboxylic acids is 1. The van der Waals surface area contributed by atoms with Crippen molar-refractivity contribution in [2.24, 2.45) is 11.8 Å². The van der Waals surface area contributed by atoms with Gasteiger partial charge in [-0.05, 0) is 24.7 Å². The number of nitrogens with one attached hydrogen (secondary N) is 1. The molecule has 1 fully saturated rings. The minimum atomic E-state index is -0.937. The second kappa shape index (κ2) is 5.87. The molecular weight excluding hydrogens is 206 g/mol. The molecule has 1 aliphatic carbocycles. The van der Waals surface area contributed by atoms with Crippen LogP contribution in [0.25, 0.3) is 0 Å². The van der Waals surface area contributed by atoms with Gasteiger partial charge in [0.15, 0.2) is 0 Å². The molecule has 1 unspecified atom stereocenters. The van der Waals surface area contributed by atoms with Crippen LogP contribution in [0.4, 0.5) is 0 Å². The van der Waals surface area contributed by atoms with E-state index in [1.165, 1.54) is 12.8 Å². The van der Waals surface area contributed by atoms with E-state index in [0.717, 1.165) is 6.42 Å². The summed E-state index contributed by atoms with van der Waals surface area (Å²) in [5.74, 6) is -0.0858. The van der Waals surface area contributed by atoms with Gasteiger partial charge in [-0.1, -0.05) is 26.7 Å². The van der Waals surface area contributed by atoms with Crippen molar-refractivity contribution in [2.45, 2.75) is 52.0 Å². The second-order valence-electron chi connectivity index (χ2n) is 5.07. The molecule has 2 N–H and O–H groups in total. The highest BCUT2D eigenvalue weighted by Crippen LogP contribution is 2.33. The summed E-state index contributed by atoms with van der Waals surface area (Å²) >= 11 is 0. The van der Waals surface area contributed by atoms with Crippen LogP contribution in [0.15, 0.2) is 0 Å². The molecular formula is C12H21NO3. The van der Waals surface area contributed by atoms with Gasteiger partial charge in [-0.25, -0.2) is 4.79 Å². The number of carboxylic acids is 1. The molecule has 0 bridgehead atoms. The lowest BCUT2D eigenvalue weighted by molar-refractivity contribution is -0.142. The first-order chi connectivity index (χ1) is 7.49. The van der Waals surface area contributed by atoms with E-state index in [0.29, 0.717) is 18.8 Å². The van der Waals surface area contributed by atoms with Crippen molar-refractivity contribution in [1.82, 2.24) is 5.32 Å². The van der Waals surface area contributed by atoms with Crippen LogP contribution in [0, 0.1) is 11.8 Å². The fourth-order valence-corrected chi connectivity index (χ4v) is 1.70. The van der Waals surface area contributed by atoms with Crippen molar-refractivity contribution >= 4 is 11.9 Å². The van der Waals surface area contributed by atoms with Gasteiger partial charge in [0.2, 0.25) is 5.91 Å². The van der Waals surface area contributed by atoms with Gasteiger partial charge in [-0.15, -0.1) is 0 Å². The van der Waals surface area contributed by atoms with Gasteiger partial charge in [-0.3, -0.25) is 4.79 Å². The number of amides is 1. The number of hydrogen-bond donors (Lipinski definition) is 2. The Kier molecular flexibility index (Phi) is 4.77. The minimum absolute atomic E-state index is 0.125. The van der Waals surface area contributed by atoms with E-state index in [9.17, 15) is 9.59 Å². The smallest absolute Gasteiger partial charge is 0.326 e. The monoisotopic (exact) mass is 227 g/mol. The minimum Gasteiger partial charge on any atom is -0.480 e. The molecule has 4 nitrogen and oxygen atoms in total. The van der Waals surface area contributed by atoms with Gasteiger partial charge in [-0.2, -0.15) is 0 Å².